The maximum Gasteiger partial charge on any atom is 0.151 e. The Bertz CT molecular complexity index is 390. The van der Waals surface area contributed by atoms with Gasteiger partial charge in [0.1, 0.15) is 15.7 Å². The molecule has 0 aromatic carbocycles. The van der Waals surface area contributed by atoms with Gasteiger partial charge in [-0.05, 0) is 12.1 Å². The molecule has 0 spiro atoms. The molecule has 0 aliphatic heterocycles. The van der Waals surface area contributed by atoms with E-state index in [1.165, 1.54) is 6.26 Å². The summed E-state index contributed by atoms with van der Waals surface area (Å²) in [6, 6.07) is 3.22. The van der Waals surface area contributed by atoms with Gasteiger partial charge in [-0.25, -0.2) is 8.42 Å². The van der Waals surface area contributed by atoms with E-state index in [0.717, 1.165) is 0 Å². The van der Waals surface area contributed by atoms with Gasteiger partial charge in [0.05, 0.1) is 5.75 Å². The second-order valence-electron chi connectivity index (χ2n) is 2.80. The van der Waals surface area contributed by atoms with Gasteiger partial charge in [0.25, 0.3) is 0 Å². The maximum absolute atomic E-state index is 10.8. The molecule has 0 unspecified atom stereocenters. The highest BCUT2D eigenvalue weighted by Crippen LogP contribution is 2.05. The molecule has 5 nitrogen and oxygen atoms in total. The second-order valence-corrected chi connectivity index (χ2v) is 5.44. The van der Waals surface area contributed by atoms with Crippen LogP contribution in [0.4, 0.5) is 5.82 Å². The average molecular weight is 236 g/mol. The predicted molar refractivity (Wildman–Crippen MR) is 55.2 cm³/mol. The summed E-state index contributed by atoms with van der Waals surface area (Å²) < 4.78 is 21.6. The van der Waals surface area contributed by atoms with Crippen molar-refractivity contribution < 1.29 is 8.42 Å². The van der Waals surface area contributed by atoms with Crippen LogP contribution in [-0.4, -0.2) is 37.2 Å². The fraction of sp³-hybridized carbons (Fsp3) is 0.429. The number of hydrogen-bond donors (Lipinski definition) is 1. The van der Waals surface area contributed by atoms with Crippen molar-refractivity contribution in [2.24, 2.45) is 0 Å². The van der Waals surface area contributed by atoms with E-state index in [1.807, 2.05) is 0 Å². The van der Waals surface area contributed by atoms with Crippen LogP contribution < -0.4 is 5.32 Å². The molecule has 0 bridgehead atoms. The largest absolute Gasteiger partial charge is 0.368 e. The van der Waals surface area contributed by atoms with E-state index in [2.05, 4.69) is 15.5 Å². The van der Waals surface area contributed by atoms with Gasteiger partial charge in [-0.1, -0.05) is 11.6 Å². The van der Waals surface area contributed by atoms with Crippen molar-refractivity contribution in [2.45, 2.75) is 0 Å². The van der Waals surface area contributed by atoms with Crippen LogP contribution in [0.3, 0.4) is 0 Å². The molecule has 0 atom stereocenters. The molecule has 7 heteroatoms. The molecule has 1 N–H and O–H groups in total. The molecule has 0 aliphatic rings. The molecule has 0 amide bonds. The van der Waals surface area contributed by atoms with Crippen LogP contribution in [0.5, 0.6) is 0 Å². The van der Waals surface area contributed by atoms with Gasteiger partial charge in [0.2, 0.25) is 0 Å². The molecular weight excluding hydrogens is 226 g/mol. The van der Waals surface area contributed by atoms with Gasteiger partial charge >= 0.3 is 0 Å². The van der Waals surface area contributed by atoms with Crippen LogP contribution in [0.25, 0.3) is 0 Å². The van der Waals surface area contributed by atoms with Crippen molar-refractivity contribution in [3.05, 3.63) is 17.3 Å². The summed E-state index contributed by atoms with van der Waals surface area (Å²) in [6.07, 6.45) is 1.18. The third-order valence-electron chi connectivity index (χ3n) is 1.41. The molecule has 14 heavy (non-hydrogen) atoms. The second kappa shape index (κ2) is 4.56. The number of rotatable bonds is 4. The molecule has 1 aromatic rings. The fourth-order valence-corrected chi connectivity index (χ4v) is 1.35. The summed E-state index contributed by atoms with van der Waals surface area (Å²) in [5, 5.41) is 10.4. The van der Waals surface area contributed by atoms with Crippen molar-refractivity contribution in [1.29, 1.82) is 0 Å². The Morgan fingerprint density at radius 1 is 1.43 bits per heavy atom. The Morgan fingerprint density at radius 2 is 2.14 bits per heavy atom. The van der Waals surface area contributed by atoms with Crippen molar-refractivity contribution in [3.63, 3.8) is 0 Å². The lowest BCUT2D eigenvalue weighted by atomic mass is 10.5. The third kappa shape index (κ3) is 4.38. The quantitative estimate of drug-likeness (QED) is 0.827. The fourth-order valence-electron chi connectivity index (χ4n) is 0.775. The van der Waals surface area contributed by atoms with Crippen LogP contribution in [0.1, 0.15) is 0 Å². The highest BCUT2D eigenvalue weighted by Gasteiger charge is 2.01. The molecule has 0 radical (unpaired) electrons. The van der Waals surface area contributed by atoms with E-state index >= 15 is 0 Å². The van der Waals surface area contributed by atoms with Crippen LogP contribution in [0.2, 0.25) is 5.15 Å². The topological polar surface area (TPSA) is 72.0 Å². The molecule has 0 fully saturated rings. The van der Waals surface area contributed by atoms with Gasteiger partial charge in [0.15, 0.2) is 5.15 Å². The van der Waals surface area contributed by atoms with Crippen molar-refractivity contribution >= 4 is 27.3 Å². The summed E-state index contributed by atoms with van der Waals surface area (Å²) in [5.41, 5.74) is 0. The van der Waals surface area contributed by atoms with E-state index in [4.69, 9.17) is 11.6 Å². The summed E-state index contributed by atoms with van der Waals surface area (Å²) in [5.74, 6) is 0.579. The lowest BCUT2D eigenvalue weighted by Gasteiger charge is -2.02. The minimum Gasteiger partial charge on any atom is -0.368 e. The van der Waals surface area contributed by atoms with E-state index < -0.39 is 9.84 Å². The van der Waals surface area contributed by atoms with E-state index in [0.29, 0.717) is 17.5 Å². The number of anilines is 1. The Balaban J connectivity index is 2.43. The highest BCUT2D eigenvalue weighted by molar-refractivity contribution is 7.90. The first-order chi connectivity index (χ1) is 6.47. The van der Waals surface area contributed by atoms with E-state index in [-0.39, 0.29) is 5.75 Å². The number of hydrogen-bond acceptors (Lipinski definition) is 5. The summed E-state index contributed by atoms with van der Waals surface area (Å²) >= 11 is 5.52. The molecule has 1 aromatic heterocycles. The van der Waals surface area contributed by atoms with Crippen LogP contribution in [0.15, 0.2) is 12.1 Å². The molecular formula is C7H10ClN3O2S. The zero-order valence-corrected chi connectivity index (χ0v) is 9.14. The Morgan fingerprint density at radius 3 is 2.64 bits per heavy atom. The van der Waals surface area contributed by atoms with Crippen molar-refractivity contribution in [1.82, 2.24) is 10.2 Å². The predicted octanol–water partition coefficient (Wildman–Crippen LogP) is 0.586. The van der Waals surface area contributed by atoms with Gasteiger partial charge in [-0.15, -0.1) is 10.2 Å². The van der Waals surface area contributed by atoms with Gasteiger partial charge < -0.3 is 5.32 Å². The number of aromatic nitrogens is 2. The number of nitrogens with zero attached hydrogens (tertiary/aromatic N) is 2. The molecule has 1 rings (SSSR count). The van der Waals surface area contributed by atoms with Gasteiger partial charge in [0, 0.05) is 12.8 Å². The Kier molecular flexibility index (Phi) is 3.65. The molecule has 0 aliphatic carbocycles. The van der Waals surface area contributed by atoms with Crippen molar-refractivity contribution in [2.75, 3.05) is 23.9 Å². The lowest BCUT2D eigenvalue weighted by molar-refractivity contribution is 0.602. The molecule has 1 heterocycles. The smallest absolute Gasteiger partial charge is 0.151 e. The first kappa shape index (κ1) is 11.2. The summed E-state index contributed by atoms with van der Waals surface area (Å²) in [4.78, 5) is 0. The number of halogens is 1. The van der Waals surface area contributed by atoms with Crippen LogP contribution in [0, 0.1) is 0 Å². The first-order valence-corrected chi connectivity index (χ1v) is 6.32. The Labute approximate surface area is 87.4 Å². The molecule has 78 valence electrons. The Hall–Kier alpha value is -0.880. The standard InChI is InChI=1S/C7H10ClN3O2S/c1-14(12,13)5-4-9-7-3-2-6(8)10-11-7/h2-3H,4-5H2,1H3,(H,9,11). The lowest BCUT2D eigenvalue weighted by Crippen LogP contribution is -2.14. The normalized spacial score (nSPS) is 11.3. The minimum absolute atomic E-state index is 0.0668. The number of sulfone groups is 1. The number of nitrogens with one attached hydrogen (secondary N) is 1. The summed E-state index contributed by atoms with van der Waals surface area (Å²) in [6.45, 7) is 0.315. The molecule has 0 saturated heterocycles. The zero-order valence-electron chi connectivity index (χ0n) is 7.57. The SMILES string of the molecule is CS(=O)(=O)CCNc1ccc(Cl)nn1. The highest BCUT2D eigenvalue weighted by atomic mass is 35.5. The van der Waals surface area contributed by atoms with Gasteiger partial charge in [-0.2, -0.15) is 0 Å². The van der Waals surface area contributed by atoms with Gasteiger partial charge in [-0.3, -0.25) is 0 Å². The zero-order chi connectivity index (χ0) is 10.6. The third-order valence-corrected chi connectivity index (χ3v) is 2.56. The first-order valence-electron chi connectivity index (χ1n) is 3.88. The minimum atomic E-state index is -2.94. The van der Waals surface area contributed by atoms with Crippen molar-refractivity contribution in [3.8, 4) is 0 Å². The monoisotopic (exact) mass is 235 g/mol. The van der Waals surface area contributed by atoms with Crippen LogP contribution in [-0.2, 0) is 9.84 Å². The average Bonchev–Trinajstić information content (AvgIpc) is 2.06. The van der Waals surface area contributed by atoms with Crippen LogP contribution >= 0.6 is 11.6 Å². The molecule has 0 saturated carbocycles. The summed E-state index contributed by atoms with van der Waals surface area (Å²) in [7, 11) is -2.94. The van der Waals surface area contributed by atoms with E-state index in [1.54, 1.807) is 12.1 Å². The maximum atomic E-state index is 10.8. The van der Waals surface area contributed by atoms with E-state index in [9.17, 15) is 8.42 Å².